The number of halogens is 5. The number of aromatic nitrogens is 2. The van der Waals surface area contributed by atoms with Crippen LogP contribution in [0.25, 0.3) is 22.3 Å². The van der Waals surface area contributed by atoms with E-state index in [1.807, 2.05) is 0 Å². The maximum atomic E-state index is 14.9. The number of rotatable bonds is 3. The molecule has 8 nitrogen and oxygen atoms in total. The second kappa shape index (κ2) is 9.49. The number of aryl methyl sites for hydroxylation is 1. The summed E-state index contributed by atoms with van der Waals surface area (Å²) in [6, 6.07) is 1.67. The van der Waals surface area contributed by atoms with Crippen LogP contribution in [0.1, 0.15) is 74.4 Å². The Morgan fingerprint density at radius 1 is 1.23 bits per heavy atom. The molecule has 1 aromatic carbocycles. The molecule has 13 heteroatoms. The molecule has 6 rings (SSSR count). The summed E-state index contributed by atoms with van der Waals surface area (Å²) in [4.78, 5) is 44.2. The lowest BCUT2D eigenvalue weighted by molar-refractivity contribution is -0.202. The molecule has 4 heterocycles. The average Bonchev–Trinajstić information content (AvgIpc) is 3.27. The Hall–Kier alpha value is -3.51. The first-order valence-corrected chi connectivity index (χ1v) is 14.2. The maximum absolute atomic E-state index is 14.9. The smallest absolute Gasteiger partial charge is 0.400 e. The van der Waals surface area contributed by atoms with E-state index < -0.39 is 52.4 Å². The minimum absolute atomic E-state index is 0.0592. The van der Waals surface area contributed by atoms with Crippen molar-refractivity contribution in [3.63, 3.8) is 0 Å². The number of aliphatic hydroxyl groups is 1. The monoisotopic (exact) mass is 621 g/mol. The van der Waals surface area contributed by atoms with Gasteiger partial charge in [-0.05, 0) is 41.9 Å². The van der Waals surface area contributed by atoms with Gasteiger partial charge in [-0.25, -0.2) is 14.2 Å². The number of fused-ring (bicyclic) bond motifs is 5. The van der Waals surface area contributed by atoms with Gasteiger partial charge in [0.2, 0.25) is 5.91 Å². The Labute approximate surface area is 248 Å². The summed E-state index contributed by atoms with van der Waals surface area (Å²) in [5, 5.41) is 14.0. The molecule has 3 aromatic rings. The van der Waals surface area contributed by atoms with E-state index in [1.165, 1.54) is 31.4 Å². The van der Waals surface area contributed by atoms with E-state index in [0.717, 1.165) is 6.07 Å². The minimum Gasteiger partial charge on any atom is -0.458 e. The number of esters is 1. The lowest BCUT2D eigenvalue weighted by Gasteiger charge is -2.34. The SMILES string of the molecule is CC[C@@]1(O)C(=O)OCc2c1cc1n(c2=O)Cc2c-1nc1cc(F)c(Cl)c3c1c2[C@@H](NC(=O)C(C(C)(C)C)C(F)(F)F)CC3. The zero-order chi connectivity index (χ0) is 31.4. The molecule has 43 heavy (non-hydrogen) atoms. The molecular formula is C30H28ClF4N3O5. The number of nitrogens with one attached hydrogen (secondary N) is 1. The van der Waals surface area contributed by atoms with E-state index in [1.54, 1.807) is 6.92 Å². The fourth-order valence-electron chi connectivity index (χ4n) is 6.79. The number of cyclic esters (lactones) is 1. The number of amides is 1. The third-order valence-corrected chi connectivity index (χ3v) is 9.22. The van der Waals surface area contributed by atoms with Crippen molar-refractivity contribution in [1.82, 2.24) is 14.9 Å². The molecule has 1 unspecified atom stereocenters. The van der Waals surface area contributed by atoms with Crippen LogP contribution < -0.4 is 10.9 Å². The van der Waals surface area contributed by atoms with Crippen LogP contribution >= 0.6 is 11.6 Å². The maximum Gasteiger partial charge on any atom is 0.400 e. The molecule has 0 bridgehead atoms. The zero-order valence-corrected chi connectivity index (χ0v) is 24.5. The molecule has 0 fully saturated rings. The summed E-state index contributed by atoms with van der Waals surface area (Å²) in [6.45, 7) is 5.17. The third kappa shape index (κ3) is 4.28. The number of nitrogens with zero attached hydrogens (tertiary/aromatic N) is 2. The molecule has 1 amide bonds. The van der Waals surface area contributed by atoms with Gasteiger partial charge in [-0.1, -0.05) is 39.3 Å². The molecule has 2 aromatic heterocycles. The normalized spacial score (nSPS) is 21.6. The highest BCUT2D eigenvalue weighted by atomic mass is 35.5. The largest absolute Gasteiger partial charge is 0.458 e. The predicted octanol–water partition coefficient (Wildman–Crippen LogP) is 5.20. The number of carbonyl (C=O) groups excluding carboxylic acids is 2. The predicted molar refractivity (Wildman–Crippen MR) is 148 cm³/mol. The molecular weight excluding hydrogens is 594 g/mol. The van der Waals surface area contributed by atoms with Crippen molar-refractivity contribution in [2.45, 2.75) is 77.9 Å². The number of ether oxygens (including phenoxy) is 1. The van der Waals surface area contributed by atoms with Gasteiger partial charge in [0.1, 0.15) is 18.3 Å². The van der Waals surface area contributed by atoms with Gasteiger partial charge >= 0.3 is 12.1 Å². The van der Waals surface area contributed by atoms with Crippen LogP contribution in [-0.2, 0) is 39.5 Å². The lowest BCUT2D eigenvalue weighted by atomic mass is 9.78. The molecule has 0 saturated heterocycles. The fourth-order valence-corrected chi connectivity index (χ4v) is 7.03. The van der Waals surface area contributed by atoms with Gasteiger partial charge in [-0.15, -0.1) is 0 Å². The number of pyridine rings is 2. The molecule has 1 aliphatic carbocycles. The van der Waals surface area contributed by atoms with E-state index in [0.29, 0.717) is 22.1 Å². The Kier molecular flexibility index (Phi) is 6.53. The molecule has 2 aliphatic heterocycles. The number of benzene rings is 1. The molecule has 228 valence electrons. The van der Waals surface area contributed by atoms with Crippen LogP contribution in [0.3, 0.4) is 0 Å². The molecule has 0 radical (unpaired) electrons. The molecule has 0 saturated carbocycles. The van der Waals surface area contributed by atoms with Crippen molar-refractivity contribution >= 4 is 34.4 Å². The lowest BCUT2D eigenvalue weighted by Crippen LogP contribution is -2.47. The summed E-state index contributed by atoms with van der Waals surface area (Å²) in [6.07, 6.45) is -4.58. The molecule has 0 spiro atoms. The Morgan fingerprint density at radius 2 is 1.93 bits per heavy atom. The van der Waals surface area contributed by atoms with Gasteiger partial charge in [0.15, 0.2) is 5.60 Å². The second-order valence-electron chi connectivity index (χ2n) is 12.4. The molecule has 2 N–H and O–H groups in total. The summed E-state index contributed by atoms with van der Waals surface area (Å²) in [5.74, 6) is -5.14. The summed E-state index contributed by atoms with van der Waals surface area (Å²) < 4.78 is 63.7. The highest BCUT2D eigenvalue weighted by Crippen LogP contribution is 2.47. The summed E-state index contributed by atoms with van der Waals surface area (Å²) in [5.41, 5.74) is -1.97. The van der Waals surface area contributed by atoms with Gasteiger partial charge in [0.05, 0.1) is 40.1 Å². The number of hydrogen-bond acceptors (Lipinski definition) is 6. The third-order valence-electron chi connectivity index (χ3n) is 8.81. The standard InChI is InChI=1S/C30H28ClF4N3O5/c1-5-29(42)15-8-19-23-13(10-38(19)26(40)14(15)11-43-27(29)41)21-17(37-25(39)24(28(2,3)4)30(33,34)35)7-6-12-20(21)18(36-23)9-16(32)22(12)31/h8-9,17,24,42H,5-7,10-11H2,1-4H3,(H,37,39)/t17-,24?,29-/m0/s1. The van der Waals surface area contributed by atoms with Crippen LogP contribution in [0.5, 0.6) is 0 Å². The van der Waals surface area contributed by atoms with Crippen LogP contribution in [0.15, 0.2) is 16.9 Å². The number of carbonyl (C=O) groups is 2. The Bertz CT molecular complexity index is 1800. The number of alkyl halides is 3. The van der Waals surface area contributed by atoms with Gasteiger partial charge in [-0.2, -0.15) is 13.2 Å². The first kappa shape index (κ1) is 29.6. The highest BCUT2D eigenvalue weighted by molar-refractivity contribution is 6.32. The minimum atomic E-state index is -4.81. The first-order valence-electron chi connectivity index (χ1n) is 13.9. The topological polar surface area (TPSA) is 111 Å². The van der Waals surface area contributed by atoms with Gasteiger partial charge < -0.3 is 19.7 Å². The summed E-state index contributed by atoms with van der Waals surface area (Å²) >= 11 is 6.35. The second-order valence-corrected chi connectivity index (χ2v) is 12.8. The first-order chi connectivity index (χ1) is 20.0. The van der Waals surface area contributed by atoms with Crippen LogP contribution in [0.4, 0.5) is 17.6 Å². The fraction of sp³-hybridized carbons (Fsp3) is 0.467. The summed E-state index contributed by atoms with van der Waals surface area (Å²) in [7, 11) is 0. The van der Waals surface area contributed by atoms with Gasteiger partial charge in [0, 0.05) is 22.6 Å². The average molecular weight is 622 g/mol. The quantitative estimate of drug-likeness (QED) is 0.240. The van der Waals surface area contributed by atoms with E-state index in [-0.39, 0.29) is 65.5 Å². The van der Waals surface area contributed by atoms with Crippen LogP contribution in [-0.4, -0.2) is 32.7 Å². The van der Waals surface area contributed by atoms with Crippen molar-refractivity contribution in [2.75, 3.05) is 0 Å². The van der Waals surface area contributed by atoms with Crippen LogP contribution in [0.2, 0.25) is 5.02 Å². The number of hydrogen-bond donors (Lipinski definition) is 2. The van der Waals surface area contributed by atoms with Gasteiger partial charge in [0.25, 0.3) is 5.56 Å². The van der Waals surface area contributed by atoms with Crippen molar-refractivity contribution in [1.29, 1.82) is 0 Å². The van der Waals surface area contributed by atoms with E-state index >= 15 is 0 Å². The Morgan fingerprint density at radius 3 is 2.56 bits per heavy atom. The van der Waals surface area contributed by atoms with E-state index in [9.17, 15) is 37.1 Å². The van der Waals surface area contributed by atoms with Crippen molar-refractivity contribution in [3.05, 3.63) is 61.1 Å². The van der Waals surface area contributed by atoms with E-state index in [4.69, 9.17) is 16.3 Å². The van der Waals surface area contributed by atoms with Crippen LogP contribution in [0, 0.1) is 17.2 Å². The van der Waals surface area contributed by atoms with Crippen molar-refractivity contribution in [3.8, 4) is 11.4 Å². The molecule has 3 aliphatic rings. The highest BCUT2D eigenvalue weighted by Gasteiger charge is 2.52. The van der Waals surface area contributed by atoms with Crippen molar-refractivity contribution < 1.29 is 37.0 Å². The van der Waals surface area contributed by atoms with Crippen molar-refractivity contribution in [2.24, 2.45) is 11.3 Å². The molecule has 3 atom stereocenters. The van der Waals surface area contributed by atoms with Gasteiger partial charge in [-0.3, -0.25) is 9.59 Å². The Balaban J connectivity index is 1.58. The van der Waals surface area contributed by atoms with E-state index in [2.05, 4.69) is 10.3 Å². The zero-order valence-electron chi connectivity index (χ0n) is 23.7.